The molecule has 0 aromatic carbocycles. The van der Waals surface area contributed by atoms with Crippen LogP contribution in [0.25, 0.3) is 22.6 Å². The molecule has 1 unspecified atom stereocenters. The second-order valence-electron chi connectivity index (χ2n) is 8.17. The molecule has 3 rings (SSSR count). The highest BCUT2D eigenvalue weighted by atomic mass is 31.2. The third kappa shape index (κ3) is 6.71. The number of pyridine rings is 3. The SMILES string of the molecule is CCC(CO)(COC(=O)c1ccnc(-c2c(C(=O)O)ccnc2-c2cc(C(=O)O)ccn2)c1)COP(O)O. The minimum absolute atomic E-state index is 0.00353. The van der Waals surface area contributed by atoms with Gasteiger partial charge >= 0.3 is 26.5 Å². The van der Waals surface area contributed by atoms with Gasteiger partial charge in [-0.3, -0.25) is 15.0 Å². The average Bonchev–Trinajstić information content (AvgIpc) is 2.93. The molecule has 0 bridgehead atoms. The zero-order chi connectivity index (χ0) is 27.9. The first-order chi connectivity index (χ1) is 18.1. The molecule has 0 spiro atoms. The quantitative estimate of drug-likeness (QED) is 0.164. The molecule has 0 aliphatic rings. The number of aliphatic hydroxyl groups is 1. The summed E-state index contributed by atoms with van der Waals surface area (Å²) in [5.74, 6) is -3.33. The number of aromatic carboxylic acids is 2. The van der Waals surface area contributed by atoms with E-state index in [2.05, 4.69) is 15.0 Å². The van der Waals surface area contributed by atoms with Gasteiger partial charge in [0.1, 0.15) is 6.61 Å². The van der Waals surface area contributed by atoms with Gasteiger partial charge in [0.15, 0.2) is 0 Å². The lowest BCUT2D eigenvalue weighted by Crippen LogP contribution is -2.36. The van der Waals surface area contributed by atoms with Crippen LogP contribution in [-0.4, -0.2) is 77.8 Å². The predicted molar refractivity (Wildman–Crippen MR) is 132 cm³/mol. The van der Waals surface area contributed by atoms with Crippen molar-refractivity contribution in [3.63, 3.8) is 0 Å². The van der Waals surface area contributed by atoms with Gasteiger partial charge in [-0.2, -0.15) is 0 Å². The lowest BCUT2D eigenvalue weighted by atomic mass is 9.88. The molecule has 0 fully saturated rings. The van der Waals surface area contributed by atoms with E-state index in [4.69, 9.17) is 19.0 Å². The molecule has 200 valence electrons. The number of hydrogen-bond acceptors (Lipinski definition) is 11. The molecule has 0 aliphatic carbocycles. The van der Waals surface area contributed by atoms with Crippen LogP contribution >= 0.6 is 8.60 Å². The number of nitrogens with zero attached hydrogens (tertiary/aromatic N) is 3. The second-order valence-corrected chi connectivity index (χ2v) is 8.93. The Bertz CT molecular complexity index is 1330. The molecule has 0 radical (unpaired) electrons. The maximum atomic E-state index is 12.9. The van der Waals surface area contributed by atoms with Crippen molar-refractivity contribution in [1.29, 1.82) is 0 Å². The first-order valence-corrected chi connectivity index (χ1v) is 12.2. The molecular weight excluding hydrogens is 521 g/mol. The zero-order valence-electron chi connectivity index (χ0n) is 20.0. The van der Waals surface area contributed by atoms with Gasteiger partial charge < -0.3 is 34.4 Å². The van der Waals surface area contributed by atoms with Gasteiger partial charge in [-0.15, -0.1) is 0 Å². The highest BCUT2D eigenvalue weighted by Gasteiger charge is 2.31. The summed E-state index contributed by atoms with van der Waals surface area (Å²) in [7, 11) is -2.66. The summed E-state index contributed by atoms with van der Waals surface area (Å²) >= 11 is 0. The van der Waals surface area contributed by atoms with E-state index < -0.39 is 38.5 Å². The van der Waals surface area contributed by atoms with Crippen molar-refractivity contribution in [3.05, 3.63) is 65.6 Å². The zero-order valence-corrected chi connectivity index (χ0v) is 20.9. The minimum atomic E-state index is -2.66. The van der Waals surface area contributed by atoms with Crippen molar-refractivity contribution in [2.24, 2.45) is 5.41 Å². The normalized spacial score (nSPS) is 12.7. The Morgan fingerprint density at radius 2 is 1.53 bits per heavy atom. The third-order valence-electron chi connectivity index (χ3n) is 5.76. The molecule has 3 aromatic heterocycles. The van der Waals surface area contributed by atoms with Gasteiger partial charge in [0.05, 0.1) is 52.4 Å². The summed E-state index contributed by atoms with van der Waals surface area (Å²) < 4.78 is 10.2. The monoisotopic (exact) mass is 545 g/mol. The van der Waals surface area contributed by atoms with E-state index in [0.29, 0.717) is 6.42 Å². The van der Waals surface area contributed by atoms with Crippen LogP contribution in [0, 0.1) is 5.41 Å². The number of aromatic nitrogens is 3. The summed E-state index contributed by atoms with van der Waals surface area (Å²) in [4.78, 5) is 66.9. The van der Waals surface area contributed by atoms with Gasteiger partial charge in [-0.05, 0) is 36.8 Å². The highest BCUT2D eigenvalue weighted by Crippen LogP contribution is 2.33. The van der Waals surface area contributed by atoms with Gasteiger partial charge in [0.2, 0.25) is 0 Å². The molecule has 0 aliphatic heterocycles. The maximum Gasteiger partial charge on any atom is 0.338 e. The standard InChI is InChI=1S/C24H24N3O10P/c1-2-24(11-28,13-37-38(34)35)12-36-23(33)15-4-7-25-17(10-15)19-16(22(31)32)5-8-27-20(19)18-9-14(21(29)30)3-6-26-18/h3-10,28,34-35H,2,11-13H2,1H3,(H,29,30)(H,31,32). The number of esters is 1. The lowest BCUT2D eigenvalue weighted by molar-refractivity contribution is -0.0140. The molecule has 1 atom stereocenters. The fourth-order valence-electron chi connectivity index (χ4n) is 3.43. The van der Waals surface area contributed by atoms with E-state index in [1.54, 1.807) is 6.92 Å². The Morgan fingerprint density at radius 1 is 0.895 bits per heavy atom. The summed E-state index contributed by atoms with van der Waals surface area (Å²) in [6.45, 7) is 0.686. The Hall–Kier alpha value is -3.87. The van der Waals surface area contributed by atoms with Crippen molar-refractivity contribution in [3.8, 4) is 22.6 Å². The number of carbonyl (C=O) groups excluding carboxylic acids is 1. The summed E-state index contributed by atoms with van der Waals surface area (Å²) in [6, 6.07) is 6.39. The van der Waals surface area contributed by atoms with E-state index in [-0.39, 0.29) is 52.5 Å². The van der Waals surface area contributed by atoms with Crippen LogP contribution in [0.4, 0.5) is 0 Å². The molecule has 5 N–H and O–H groups in total. The molecule has 0 amide bonds. The van der Waals surface area contributed by atoms with E-state index in [1.807, 2.05) is 0 Å². The van der Waals surface area contributed by atoms with Crippen LogP contribution in [0.3, 0.4) is 0 Å². The molecule has 3 aromatic rings. The number of hydrogen-bond donors (Lipinski definition) is 5. The number of carboxylic acids is 2. The summed E-state index contributed by atoms with van der Waals surface area (Å²) in [6.07, 6.45) is 4.05. The number of aliphatic hydroxyl groups excluding tert-OH is 1. The van der Waals surface area contributed by atoms with Gasteiger partial charge in [0, 0.05) is 24.2 Å². The van der Waals surface area contributed by atoms with Crippen molar-refractivity contribution in [2.75, 3.05) is 19.8 Å². The Labute approximate surface area is 217 Å². The van der Waals surface area contributed by atoms with Crippen molar-refractivity contribution in [2.45, 2.75) is 13.3 Å². The largest absolute Gasteiger partial charge is 0.478 e. The van der Waals surface area contributed by atoms with Crippen molar-refractivity contribution in [1.82, 2.24) is 15.0 Å². The molecule has 0 saturated heterocycles. The molecule has 0 saturated carbocycles. The van der Waals surface area contributed by atoms with E-state index in [1.165, 1.54) is 48.9 Å². The van der Waals surface area contributed by atoms with Crippen LogP contribution in [0.5, 0.6) is 0 Å². The van der Waals surface area contributed by atoms with Crippen LogP contribution in [0.1, 0.15) is 44.4 Å². The Balaban J connectivity index is 1.99. The first kappa shape index (κ1) is 28.7. The topological polar surface area (TPSA) is 209 Å². The van der Waals surface area contributed by atoms with Crippen molar-refractivity contribution < 1.29 is 48.8 Å². The maximum absolute atomic E-state index is 12.9. The second kappa shape index (κ2) is 12.6. The van der Waals surface area contributed by atoms with Gasteiger partial charge in [-0.1, -0.05) is 6.92 Å². The number of ether oxygens (including phenoxy) is 1. The first-order valence-electron chi connectivity index (χ1n) is 11.1. The van der Waals surface area contributed by atoms with Gasteiger partial charge in [0.25, 0.3) is 0 Å². The van der Waals surface area contributed by atoms with Crippen molar-refractivity contribution >= 4 is 26.5 Å². The predicted octanol–water partition coefficient (Wildman–Crippen LogP) is 2.38. The lowest BCUT2D eigenvalue weighted by Gasteiger charge is -2.29. The number of carboxylic acid groups (broad SMARTS) is 2. The fourth-order valence-corrected chi connectivity index (χ4v) is 3.82. The Kier molecular flexibility index (Phi) is 9.50. The van der Waals surface area contributed by atoms with Crippen LogP contribution in [0.2, 0.25) is 0 Å². The fraction of sp³-hybridized carbons (Fsp3) is 0.250. The minimum Gasteiger partial charge on any atom is -0.478 e. The number of rotatable bonds is 12. The van der Waals surface area contributed by atoms with Gasteiger partial charge in [-0.25, -0.2) is 14.4 Å². The van der Waals surface area contributed by atoms with Crippen LogP contribution in [-0.2, 0) is 9.26 Å². The molecule has 38 heavy (non-hydrogen) atoms. The molecule has 13 nitrogen and oxygen atoms in total. The van der Waals surface area contributed by atoms with E-state index in [9.17, 15) is 29.7 Å². The number of carbonyl (C=O) groups is 3. The smallest absolute Gasteiger partial charge is 0.338 e. The van der Waals surface area contributed by atoms with E-state index in [0.717, 1.165) is 0 Å². The third-order valence-corrected chi connectivity index (χ3v) is 6.12. The highest BCUT2D eigenvalue weighted by molar-refractivity contribution is 7.39. The summed E-state index contributed by atoms with van der Waals surface area (Å²) in [5, 5.41) is 28.9. The molecular formula is C24H24N3O10P. The van der Waals surface area contributed by atoms with E-state index >= 15 is 0 Å². The molecule has 14 heteroatoms. The Morgan fingerprint density at radius 3 is 2.13 bits per heavy atom. The summed E-state index contributed by atoms with van der Waals surface area (Å²) in [5.41, 5.74) is -1.19. The van der Waals surface area contributed by atoms with Crippen LogP contribution < -0.4 is 0 Å². The molecule has 3 heterocycles. The van der Waals surface area contributed by atoms with Crippen LogP contribution in [0.15, 0.2) is 48.9 Å². The average molecular weight is 545 g/mol.